The molecule has 6 heteroatoms. The fourth-order valence-corrected chi connectivity index (χ4v) is 3.26. The number of benzene rings is 2. The molecule has 1 saturated heterocycles. The van der Waals surface area contributed by atoms with Gasteiger partial charge in [-0.25, -0.2) is 0 Å². The van der Waals surface area contributed by atoms with Gasteiger partial charge in [-0.1, -0.05) is 11.6 Å². The van der Waals surface area contributed by atoms with Crippen LogP contribution in [-0.2, 0) is 4.79 Å². The lowest BCUT2D eigenvalue weighted by atomic mass is 10.2. The predicted molar refractivity (Wildman–Crippen MR) is 108 cm³/mol. The number of hydrogen-bond acceptors (Lipinski definition) is 4. The number of halogens is 1. The highest BCUT2D eigenvalue weighted by Crippen LogP contribution is 2.27. The molecule has 1 amide bonds. The summed E-state index contributed by atoms with van der Waals surface area (Å²) in [6.07, 6.45) is 2.86. The van der Waals surface area contributed by atoms with Crippen LogP contribution in [0.1, 0.15) is 19.3 Å². The number of rotatable bonds is 7. The fraction of sp³-hybridized carbons (Fsp3) is 0.350. The van der Waals surface area contributed by atoms with Crippen molar-refractivity contribution in [3.05, 3.63) is 47.5 Å². The van der Waals surface area contributed by atoms with Crippen LogP contribution in [0.25, 0.3) is 0 Å². The van der Waals surface area contributed by atoms with Gasteiger partial charge in [0.2, 0.25) is 5.91 Å². The summed E-state index contributed by atoms with van der Waals surface area (Å²) in [6.45, 7) is 2.73. The van der Waals surface area contributed by atoms with Crippen LogP contribution in [0.2, 0.25) is 5.02 Å². The topological polar surface area (TPSA) is 53.6 Å². The lowest BCUT2D eigenvalue weighted by Gasteiger charge is -2.17. The van der Waals surface area contributed by atoms with E-state index in [0.29, 0.717) is 23.7 Å². The summed E-state index contributed by atoms with van der Waals surface area (Å²) >= 11 is 6.00. The molecule has 1 aliphatic heterocycles. The second kappa shape index (κ2) is 8.81. The molecule has 3 rings (SSSR count). The largest absolute Gasteiger partial charge is 0.495 e. The van der Waals surface area contributed by atoms with Crippen LogP contribution < -0.4 is 20.3 Å². The number of carbonyl (C=O) groups excluding carboxylic acids is 1. The maximum atomic E-state index is 12.1. The molecular weight excluding hydrogens is 350 g/mol. The minimum absolute atomic E-state index is 0.0348. The summed E-state index contributed by atoms with van der Waals surface area (Å²) in [4.78, 5) is 14.5. The number of nitrogens with one attached hydrogen (secondary N) is 2. The van der Waals surface area contributed by atoms with Gasteiger partial charge in [-0.2, -0.15) is 0 Å². The molecule has 0 atom stereocenters. The molecule has 0 saturated carbocycles. The maximum Gasteiger partial charge on any atom is 0.226 e. The van der Waals surface area contributed by atoms with E-state index in [1.54, 1.807) is 25.3 Å². The van der Waals surface area contributed by atoms with Crippen molar-refractivity contribution < 1.29 is 9.53 Å². The van der Waals surface area contributed by atoms with Crippen molar-refractivity contribution in [2.45, 2.75) is 19.3 Å². The Hall–Kier alpha value is -2.40. The van der Waals surface area contributed by atoms with E-state index >= 15 is 0 Å². The Bertz CT molecular complexity index is 743. The summed E-state index contributed by atoms with van der Waals surface area (Å²) in [6, 6.07) is 13.4. The van der Waals surface area contributed by atoms with Crippen molar-refractivity contribution >= 4 is 34.6 Å². The molecule has 1 heterocycles. The molecule has 0 bridgehead atoms. The van der Waals surface area contributed by atoms with Gasteiger partial charge in [-0.15, -0.1) is 0 Å². The molecule has 0 aliphatic carbocycles. The lowest BCUT2D eigenvalue weighted by molar-refractivity contribution is -0.115. The first kappa shape index (κ1) is 18.4. The quantitative estimate of drug-likeness (QED) is 0.755. The molecule has 1 fully saturated rings. The summed E-state index contributed by atoms with van der Waals surface area (Å²) in [5, 5.41) is 6.74. The monoisotopic (exact) mass is 373 g/mol. The molecule has 5 nitrogen and oxygen atoms in total. The highest BCUT2D eigenvalue weighted by atomic mass is 35.5. The van der Waals surface area contributed by atoms with E-state index in [-0.39, 0.29) is 5.91 Å². The Labute approximate surface area is 159 Å². The van der Waals surface area contributed by atoms with Gasteiger partial charge < -0.3 is 20.3 Å². The van der Waals surface area contributed by atoms with Crippen LogP contribution >= 0.6 is 11.6 Å². The molecular formula is C20H24ClN3O2. The number of carbonyl (C=O) groups is 1. The van der Waals surface area contributed by atoms with Crippen molar-refractivity contribution in [1.82, 2.24) is 0 Å². The van der Waals surface area contributed by atoms with Crippen molar-refractivity contribution in [2.24, 2.45) is 0 Å². The van der Waals surface area contributed by atoms with Crippen LogP contribution in [0.3, 0.4) is 0 Å². The Morgan fingerprint density at radius 2 is 1.88 bits per heavy atom. The van der Waals surface area contributed by atoms with E-state index in [1.165, 1.54) is 18.5 Å². The van der Waals surface area contributed by atoms with Crippen molar-refractivity contribution in [2.75, 3.05) is 42.3 Å². The Kier molecular flexibility index (Phi) is 6.23. The second-order valence-electron chi connectivity index (χ2n) is 6.31. The Balaban J connectivity index is 1.47. The standard InChI is InChI=1S/C20H24ClN3O2/c1-26-19-9-4-15(21)14-18(19)22-11-10-20(25)23-16-5-7-17(8-6-16)24-12-2-3-13-24/h4-9,14,22H,2-3,10-13H2,1H3,(H,23,25). The van der Waals surface area contributed by atoms with Crippen LogP contribution in [0, 0.1) is 0 Å². The third-order valence-electron chi connectivity index (χ3n) is 4.45. The van der Waals surface area contributed by atoms with Crippen molar-refractivity contribution in [1.29, 1.82) is 0 Å². The molecule has 26 heavy (non-hydrogen) atoms. The average molecular weight is 374 g/mol. The maximum absolute atomic E-state index is 12.1. The smallest absolute Gasteiger partial charge is 0.226 e. The van der Waals surface area contributed by atoms with Gasteiger partial charge in [0, 0.05) is 42.5 Å². The minimum Gasteiger partial charge on any atom is -0.495 e. The number of methoxy groups -OCH3 is 1. The molecule has 0 unspecified atom stereocenters. The zero-order chi connectivity index (χ0) is 18.4. The number of anilines is 3. The molecule has 0 radical (unpaired) electrons. The Morgan fingerprint density at radius 1 is 1.15 bits per heavy atom. The molecule has 0 spiro atoms. The SMILES string of the molecule is COc1ccc(Cl)cc1NCCC(=O)Nc1ccc(N2CCCC2)cc1. The first-order chi connectivity index (χ1) is 12.7. The first-order valence-corrected chi connectivity index (χ1v) is 9.26. The molecule has 138 valence electrons. The van der Waals surface area contributed by atoms with Crippen molar-refractivity contribution in [3.8, 4) is 5.75 Å². The van der Waals surface area contributed by atoms with E-state index in [9.17, 15) is 4.79 Å². The fourth-order valence-electron chi connectivity index (χ4n) is 3.08. The van der Waals surface area contributed by atoms with Gasteiger partial charge >= 0.3 is 0 Å². The van der Waals surface area contributed by atoms with E-state index in [2.05, 4.69) is 27.7 Å². The molecule has 2 aromatic carbocycles. The third kappa shape index (κ3) is 4.82. The number of amides is 1. The van der Waals surface area contributed by atoms with Crippen LogP contribution in [-0.4, -0.2) is 32.7 Å². The number of hydrogen-bond donors (Lipinski definition) is 2. The zero-order valence-corrected chi connectivity index (χ0v) is 15.7. The van der Waals surface area contributed by atoms with Crippen LogP contribution in [0.5, 0.6) is 5.75 Å². The van der Waals surface area contributed by atoms with Crippen LogP contribution in [0.15, 0.2) is 42.5 Å². The average Bonchev–Trinajstić information content (AvgIpc) is 3.17. The van der Waals surface area contributed by atoms with Gasteiger partial charge in [-0.3, -0.25) is 4.79 Å². The van der Waals surface area contributed by atoms with Gasteiger partial charge in [0.15, 0.2) is 0 Å². The van der Waals surface area contributed by atoms with E-state index < -0.39 is 0 Å². The van der Waals surface area contributed by atoms with Gasteiger partial charge in [0.05, 0.1) is 12.8 Å². The van der Waals surface area contributed by atoms with Gasteiger partial charge in [0.1, 0.15) is 5.75 Å². The highest BCUT2D eigenvalue weighted by Gasteiger charge is 2.12. The highest BCUT2D eigenvalue weighted by molar-refractivity contribution is 6.30. The van der Waals surface area contributed by atoms with E-state index in [1.807, 2.05) is 12.1 Å². The van der Waals surface area contributed by atoms with Crippen LogP contribution in [0.4, 0.5) is 17.1 Å². The number of nitrogens with zero attached hydrogens (tertiary/aromatic N) is 1. The van der Waals surface area contributed by atoms with E-state index in [4.69, 9.17) is 16.3 Å². The number of ether oxygens (including phenoxy) is 1. The van der Waals surface area contributed by atoms with Crippen molar-refractivity contribution in [3.63, 3.8) is 0 Å². The molecule has 0 aromatic heterocycles. The van der Waals surface area contributed by atoms with Gasteiger partial charge in [-0.05, 0) is 55.3 Å². The van der Waals surface area contributed by atoms with Gasteiger partial charge in [0.25, 0.3) is 0 Å². The molecule has 1 aliphatic rings. The molecule has 2 aromatic rings. The summed E-state index contributed by atoms with van der Waals surface area (Å²) in [5.74, 6) is 0.666. The lowest BCUT2D eigenvalue weighted by Crippen LogP contribution is -2.18. The summed E-state index contributed by atoms with van der Waals surface area (Å²) < 4.78 is 5.28. The predicted octanol–water partition coefficient (Wildman–Crippen LogP) is 4.39. The first-order valence-electron chi connectivity index (χ1n) is 8.88. The third-order valence-corrected chi connectivity index (χ3v) is 4.69. The second-order valence-corrected chi connectivity index (χ2v) is 6.75. The zero-order valence-electron chi connectivity index (χ0n) is 14.9. The summed E-state index contributed by atoms with van der Waals surface area (Å²) in [7, 11) is 1.60. The summed E-state index contributed by atoms with van der Waals surface area (Å²) in [5.41, 5.74) is 2.82. The minimum atomic E-state index is -0.0348. The normalized spacial score (nSPS) is 13.5. The Morgan fingerprint density at radius 3 is 2.58 bits per heavy atom. The molecule has 2 N–H and O–H groups in total. The van der Waals surface area contributed by atoms with E-state index in [0.717, 1.165) is 24.5 Å².